The summed E-state index contributed by atoms with van der Waals surface area (Å²) < 4.78 is 0. The Labute approximate surface area is 147 Å². The van der Waals surface area contributed by atoms with Gasteiger partial charge in [0.2, 0.25) is 0 Å². The molecule has 2 aromatic carbocycles. The first-order valence-corrected chi connectivity index (χ1v) is 8.90. The maximum atomic E-state index is 12.5. The number of imidazole rings is 1. The van der Waals surface area contributed by atoms with E-state index < -0.39 is 0 Å². The van der Waals surface area contributed by atoms with Crippen LogP contribution in [0.2, 0.25) is 0 Å². The normalized spacial score (nSPS) is 17.6. The molecular formula is C21H23N3O. The average molecular weight is 333 g/mol. The van der Waals surface area contributed by atoms with E-state index in [-0.39, 0.29) is 11.2 Å². The maximum Gasteiger partial charge on any atom is 0.140 e. The van der Waals surface area contributed by atoms with E-state index in [4.69, 9.17) is 0 Å². The van der Waals surface area contributed by atoms with Crippen molar-refractivity contribution < 1.29 is 4.79 Å². The van der Waals surface area contributed by atoms with Crippen molar-refractivity contribution >= 4 is 16.8 Å². The molecule has 0 unspecified atom stereocenters. The molecule has 4 rings (SSSR count). The van der Waals surface area contributed by atoms with Crippen LogP contribution in [-0.4, -0.2) is 33.7 Å². The molecule has 1 N–H and O–H groups in total. The molecule has 1 aromatic heterocycles. The van der Waals surface area contributed by atoms with Gasteiger partial charge < -0.3 is 4.98 Å². The summed E-state index contributed by atoms with van der Waals surface area (Å²) in [7, 11) is 0. The summed E-state index contributed by atoms with van der Waals surface area (Å²) in [6, 6.07) is 18.4. The first kappa shape index (κ1) is 16.0. The van der Waals surface area contributed by atoms with Crippen LogP contribution < -0.4 is 0 Å². The summed E-state index contributed by atoms with van der Waals surface area (Å²) in [6.45, 7) is 4.36. The zero-order valence-electron chi connectivity index (χ0n) is 14.5. The lowest BCUT2D eigenvalue weighted by Crippen LogP contribution is -2.46. The minimum atomic E-state index is -0.328. The molecule has 128 valence electrons. The molecule has 0 radical (unpaired) electrons. The number of fused-ring (bicyclic) bond motifs is 1. The number of hydrogen-bond acceptors (Lipinski definition) is 3. The number of carbonyl (C=O) groups is 1. The second-order valence-electron chi connectivity index (χ2n) is 6.98. The van der Waals surface area contributed by atoms with Crippen molar-refractivity contribution in [2.75, 3.05) is 13.1 Å². The second-order valence-corrected chi connectivity index (χ2v) is 6.98. The van der Waals surface area contributed by atoms with Crippen molar-refractivity contribution in [3.8, 4) is 0 Å². The Kier molecular flexibility index (Phi) is 4.14. The lowest BCUT2D eigenvalue weighted by molar-refractivity contribution is -0.124. The highest BCUT2D eigenvalue weighted by Gasteiger charge is 2.40. The van der Waals surface area contributed by atoms with Crippen molar-refractivity contribution in [2.24, 2.45) is 0 Å². The van der Waals surface area contributed by atoms with Gasteiger partial charge in [0.15, 0.2) is 0 Å². The van der Waals surface area contributed by atoms with Crippen LogP contribution in [0.25, 0.3) is 11.0 Å². The van der Waals surface area contributed by atoms with Crippen molar-refractivity contribution in [2.45, 2.75) is 31.7 Å². The molecule has 0 saturated carbocycles. The van der Waals surface area contributed by atoms with E-state index in [1.54, 1.807) is 6.92 Å². The summed E-state index contributed by atoms with van der Waals surface area (Å²) in [5.74, 6) is 1.28. The molecule has 0 amide bonds. The molecular weight excluding hydrogens is 310 g/mol. The van der Waals surface area contributed by atoms with Crippen LogP contribution in [0.4, 0.5) is 0 Å². The summed E-state index contributed by atoms with van der Waals surface area (Å²) in [5.41, 5.74) is 2.92. The lowest BCUT2D eigenvalue weighted by atomic mass is 9.70. The van der Waals surface area contributed by atoms with Gasteiger partial charge >= 0.3 is 0 Å². The number of benzene rings is 2. The van der Waals surface area contributed by atoms with E-state index in [0.717, 1.165) is 54.9 Å². The minimum absolute atomic E-state index is 0.280. The highest BCUT2D eigenvalue weighted by molar-refractivity contribution is 5.88. The van der Waals surface area contributed by atoms with E-state index >= 15 is 0 Å². The van der Waals surface area contributed by atoms with Gasteiger partial charge in [-0.05, 0) is 50.6 Å². The number of hydrogen-bond donors (Lipinski definition) is 1. The van der Waals surface area contributed by atoms with E-state index in [2.05, 4.69) is 33.1 Å². The quantitative estimate of drug-likeness (QED) is 0.792. The van der Waals surface area contributed by atoms with Gasteiger partial charge in [0, 0.05) is 0 Å². The van der Waals surface area contributed by atoms with Crippen LogP contribution in [0.5, 0.6) is 0 Å². The molecule has 1 aliphatic rings. The molecule has 4 nitrogen and oxygen atoms in total. The Morgan fingerprint density at radius 3 is 2.44 bits per heavy atom. The Morgan fingerprint density at radius 2 is 1.76 bits per heavy atom. The first-order chi connectivity index (χ1) is 12.2. The number of aromatic amines is 1. The fraction of sp³-hybridized carbons (Fsp3) is 0.333. The van der Waals surface area contributed by atoms with E-state index in [9.17, 15) is 4.79 Å². The number of rotatable bonds is 4. The van der Waals surface area contributed by atoms with Crippen molar-refractivity contribution in [3.63, 3.8) is 0 Å². The molecule has 1 saturated heterocycles. The third-order valence-electron chi connectivity index (χ3n) is 5.52. The second kappa shape index (κ2) is 6.45. The van der Waals surface area contributed by atoms with Gasteiger partial charge in [-0.1, -0.05) is 42.5 Å². The molecule has 1 aliphatic heterocycles. The number of nitrogens with zero attached hydrogens (tertiary/aromatic N) is 2. The van der Waals surface area contributed by atoms with Gasteiger partial charge in [0.25, 0.3) is 0 Å². The zero-order valence-corrected chi connectivity index (χ0v) is 14.5. The van der Waals surface area contributed by atoms with Crippen molar-refractivity contribution in [1.29, 1.82) is 0 Å². The molecule has 4 heteroatoms. The first-order valence-electron chi connectivity index (χ1n) is 8.90. The average Bonchev–Trinajstić information content (AvgIpc) is 3.05. The van der Waals surface area contributed by atoms with Crippen molar-refractivity contribution in [1.82, 2.24) is 14.9 Å². The van der Waals surface area contributed by atoms with Gasteiger partial charge in [0.05, 0.1) is 23.0 Å². The van der Waals surface area contributed by atoms with Crippen LogP contribution in [-0.2, 0) is 16.8 Å². The molecule has 1 fully saturated rings. The fourth-order valence-corrected chi connectivity index (χ4v) is 3.99. The van der Waals surface area contributed by atoms with E-state index in [1.807, 2.05) is 36.4 Å². The largest absolute Gasteiger partial charge is 0.341 e. The predicted octanol–water partition coefficient (Wildman–Crippen LogP) is 3.69. The van der Waals surface area contributed by atoms with Crippen LogP contribution in [0.1, 0.15) is 31.2 Å². The number of H-pyrrole nitrogens is 1. The summed E-state index contributed by atoms with van der Waals surface area (Å²) >= 11 is 0. The molecule has 2 heterocycles. The van der Waals surface area contributed by atoms with Gasteiger partial charge in [-0.2, -0.15) is 0 Å². The van der Waals surface area contributed by atoms with E-state index in [0.29, 0.717) is 0 Å². The highest BCUT2D eigenvalue weighted by atomic mass is 16.1. The maximum absolute atomic E-state index is 12.5. The Bertz CT molecular complexity index is 843. The standard InChI is InChI=1S/C21H23N3O/c1-16(25)21(17-7-3-2-4-8-17)11-13-24(14-12-21)15-20-22-18-9-5-6-10-19(18)23-20/h2-10H,11-15H2,1H3,(H,22,23). The summed E-state index contributed by atoms with van der Waals surface area (Å²) in [6.07, 6.45) is 1.74. The van der Waals surface area contributed by atoms with Gasteiger partial charge in [-0.15, -0.1) is 0 Å². The number of nitrogens with one attached hydrogen (secondary N) is 1. The number of ketones is 1. The predicted molar refractivity (Wildman–Crippen MR) is 99.4 cm³/mol. The van der Waals surface area contributed by atoms with Gasteiger partial charge in [-0.25, -0.2) is 4.98 Å². The molecule has 0 aliphatic carbocycles. The highest BCUT2D eigenvalue weighted by Crippen LogP contribution is 2.36. The molecule has 25 heavy (non-hydrogen) atoms. The van der Waals surface area contributed by atoms with Gasteiger partial charge in [-0.3, -0.25) is 9.69 Å². The third-order valence-corrected chi connectivity index (χ3v) is 5.52. The monoisotopic (exact) mass is 333 g/mol. The molecule has 0 bridgehead atoms. The number of aromatic nitrogens is 2. The summed E-state index contributed by atoms with van der Waals surface area (Å²) in [4.78, 5) is 22.9. The Hall–Kier alpha value is -2.46. The molecule has 0 spiro atoms. The number of piperidine rings is 1. The van der Waals surface area contributed by atoms with Crippen LogP contribution in [0.3, 0.4) is 0 Å². The third kappa shape index (κ3) is 2.98. The molecule has 3 aromatic rings. The smallest absolute Gasteiger partial charge is 0.140 e. The lowest BCUT2D eigenvalue weighted by Gasteiger charge is -2.40. The number of para-hydroxylation sites is 2. The van der Waals surface area contributed by atoms with Gasteiger partial charge in [0.1, 0.15) is 11.6 Å². The molecule has 0 atom stereocenters. The SMILES string of the molecule is CC(=O)C1(c2ccccc2)CCN(Cc2nc3ccccc3[nH]2)CC1. The minimum Gasteiger partial charge on any atom is -0.341 e. The van der Waals surface area contributed by atoms with Crippen LogP contribution in [0, 0.1) is 0 Å². The van der Waals surface area contributed by atoms with Crippen LogP contribution >= 0.6 is 0 Å². The topological polar surface area (TPSA) is 49.0 Å². The Balaban J connectivity index is 1.49. The van der Waals surface area contributed by atoms with Crippen molar-refractivity contribution in [3.05, 3.63) is 66.0 Å². The van der Waals surface area contributed by atoms with E-state index in [1.165, 1.54) is 0 Å². The number of carbonyl (C=O) groups excluding carboxylic acids is 1. The number of likely N-dealkylation sites (tertiary alicyclic amines) is 1. The number of Topliss-reactive ketones (excluding diaryl/α,β-unsaturated/α-hetero) is 1. The summed E-state index contributed by atoms with van der Waals surface area (Å²) in [5, 5.41) is 0. The van der Waals surface area contributed by atoms with Crippen LogP contribution in [0.15, 0.2) is 54.6 Å². The fourth-order valence-electron chi connectivity index (χ4n) is 3.99. The Morgan fingerprint density at radius 1 is 1.08 bits per heavy atom. The zero-order chi connectivity index (χ0) is 17.3.